The van der Waals surface area contributed by atoms with Gasteiger partial charge in [0, 0.05) is 14.8 Å². The largest absolute Gasteiger partial charge is 0.549 e. The number of alkyl halides is 3. The molecule has 0 aromatic heterocycles. The minimum atomic E-state index is -4.42. The molecule has 0 radical (unpaired) electrons. The zero-order valence-electron chi connectivity index (χ0n) is 20.3. The second-order valence-corrected chi connectivity index (χ2v) is 11.3. The van der Waals surface area contributed by atoms with Crippen LogP contribution in [-0.4, -0.2) is 18.0 Å². The van der Waals surface area contributed by atoms with E-state index in [4.69, 9.17) is 16.3 Å². The number of rotatable bonds is 9. The second-order valence-electron chi connectivity index (χ2n) is 9.77. The van der Waals surface area contributed by atoms with Crippen molar-refractivity contribution in [1.29, 1.82) is 0 Å². The fourth-order valence-electron chi connectivity index (χ4n) is 3.05. The second kappa shape index (κ2) is 11.2. The summed E-state index contributed by atoms with van der Waals surface area (Å²) >= 11 is 7.53. The van der Waals surface area contributed by atoms with Gasteiger partial charge in [0.25, 0.3) is 0 Å². The fraction of sp³-hybridized carbons (Fsp3) is 0.462. The highest BCUT2D eigenvalue weighted by atomic mass is 35.5. The van der Waals surface area contributed by atoms with Gasteiger partial charge in [-0.2, -0.15) is 13.2 Å². The van der Waals surface area contributed by atoms with E-state index in [0.717, 1.165) is 29.5 Å². The van der Waals surface area contributed by atoms with Gasteiger partial charge in [0.05, 0.1) is 11.5 Å². The van der Waals surface area contributed by atoms with Crippen molar-refractivity contribution in [2.45, 2.75) is 76.0 Å². The Hall–Kier alpha value is -2.19. The third-order valence-electron chi connectivity index (χ3n) is 5.95. The van der Waals surface area contributed by atoms with Gasteiger partial charge in [-0.3, -0.25) is 4.79 Å². The SMILES string of the molecule is CC(OC(=O)C(C)(CCCc1ccc(Sc2cccc(C(F)(F)F)c2)cc1Cl)C(=O)[O-])C(C)(C)C. The lowest BCUT2D eigenvalue weighted by Gasteiger charge is -2.33. The van der Waals surface area contributed by atoms with Gasteiger partial charge in [-0.15, -0.1) is 0 Å². The maximum Gasteiger partial charge on any atom is 0.416 e. The molecule has 0 spiro atoms. The van der Waals surface area contributed by atoms with Crippen molar-refractivity contribution in [3.63, 3.8) is 0 Å². The first-order chi connectivity index (χ1) is 16.0. The predicted molar refractivity (Wildman–Crippen MR) is 128 cm³/mol. The van der Waals surface area contributed by atoms with E-state index < -0.39 is 35.2 Å². The molecule has 0 fully saturated rings. The minimum absolute atomic E-state index is 0.00208. The maximum absolute atomic E-state index is 12.9. The molecule has 2 rings (SSSR count). The zero-order chi connectivity index (χ0) is 26.6. The molecule has 192 valence electrons. The van der Waals surface area contributed by atoms with Gasteiger partial charge in [0.2, 0.25) is 0 Å². The fourth-order valence-corrected chi connectivity index (χ4v) is 4.31. The standard InChI is InChI=1S/C26H30ClF3O4S/c1-16(24(2,3)4)34-23(33)25(5,22(31)32)13-7-8-17-11-12-20(15-21(17)27)35-19-10-6-9-18(14-19)26(28,29)30/h6,9-12,14-16H,7-8,13H2,1-5H3,(H,31,32)/p-1. The third kappa shape index (κ3) is 7.90. The van der Waals surface area contributed by atoms with Gasteiger partial charge in [0.1, 0.15) is 11.5 Å². The van der Waals surface area contributed by atoms with E-state index in [1.54, 1.807) is 31.2 Å². The predicted octanol–water partition coefficient (Wildman–Crippen LogP) is 6.57. The van der Waals surface area contributed by atoms with Crippen LogP contribution >= 0.6 is 23.4 Å². The lowest BCUT2D eigenvalue weighted by atomic mass is 9.83. The third-order valence-corrected chi connectivity index (χ3v) is 7.28. The molecule has 2 unspecified atom stereocenters. The summed E-state index contributed by atoms with van der Waals surface area (Å²) in [5, 5.41) is 12.2. The first kappa shape index (κ1) is 29.0. The number of halogens is 4. The summed E-state index contributed by atoms with van der Waals surface area (Å²) in [6.45, 7) is 8.68. The number of hydrogen-bond acceptors (Lipinski definition) is 5. The average molecular weight is 530 g/mol. The van der Waals surface area contributed by atoms with Crippen LogP contribution < -0.4 is 5.11 Å². The van der Waals surface area contributed by atoms with E-state index >= 15 is 0 Å². The monoisotopic (exact) mass is 529 g/mol. The van der Waals surface area contributed by atoms with Crippen molar-refractivity contribution in [2.24, 2.45) is 10.8 Å². The number of benzene rings is 2. The van der Waals surface area contributed by atoms with Crippen molar-refractivity contribution in [1.82, 2.24) is 0 Å². The molecule has 0 heterocycles. The lowest BCUT2D eigenvalue weighted by Crippen LogP contribution is -2.48. The van der Waals surface area contributed by atoms with Crippen LogP contribution in [0.3, 0.4) is 0 Å². The number of carbonyl (C=O) groups excluding carboxylic acids is 2. The topological polar surface area (TPSA) is 66.4 Å². The summed E-state index contributed by atoms with van der Waals surface area (Å²) in [6.07, 6.45) is -4.16. The summed E-state index contributed by atoms with van der Waals surface area (Å²) < 4.78 is 44.2. The molecule has 0 amide bonds. The van der Waals surface area contributed by atoms with Gasteiger partial charge in [-0.05, 0) is 74.4 Å². The molecule has 9 heteroatoms. The van der Waals surface area contributed by atoms with Gasteiger partial charge in [-0.25, -0.2) is 0 Å². The molecule has 0 N–H and O–H groups in total. The highest BCUT2D eigenvalue weighted by Gasteiger charge is 2.38. The van der Waals surface area contributed by atoms with E-state index in [2.05, 4.69) is 0 Å². The lowest BCUT2D eigenvalue weighted by molar-refractivity contribution is -0.318. The molecule has 4 nitrogen and oxygen atoms in total. The molecule has 0 aliphatic rings. The van der Waals surface area contributed by atoms with Crippen molar-refractivity contribution in [2.75, 3.05) is 0 Å². The molecule has 2 aromatic carbocycles. The Morgan fingerprint density at radius 2 is 1.69 bits per heavy atom. The first-order valence-electron chi connectivity index (χ1n) is 11.1. The molecule has 2 atom stereocenters. The normalized spacial score (nSPS) is 14.8. The Balaban J connectivity index is 2.05. The number of carboxylic acids is 1. The van der Waals surface area contributed by atoms with Crippen molar-refractivity contribution in [3.05, 3.63) is 58.6 Å². The van der Waals surface area contributed by atoms with E-state index in [0.29, 0.717) is 27.7 Å². The van der Waals surface area contributed by atoms with Crippen LogP contribution in [0.2, 0.25) is 5.02 Å². The van der Waals surface area contributed by atoms with Crippen molar-refractivity contribution in [3.8, 4) is 0 Å². The number of carboxylic acid groups (broad SMARTS) is 1. The zero-order valence-corrected chi connectivity index (χ0v) is 21.9. The summed E-state index contributed by atoms with van der Waals surface area (Å²) in [6, 6.07) is 10.2. The Morgan fingerprint density at radius 3 is 2.23 bits per heavy atom. The number of esters is 1. The molecule has 0 aliphatic carbocycles. The molecular formula is C26H29ClF3O4S-. The average Bonchev–Trinajstić information content (AvgIpc) is 2.73. The molecular weight excluding hydrogens is 501 g/mol. The van der Waals surface area contributed by atoms with Crippen molar-refractivity contribution >= 4 is 35.3 Å². The van der Waals surface area contributed by atoms with Gasteiger partial charge >= 0.3 is 12.1 Å². The summed E-state index contributed by atoms with van der Waals surface area (Å²) in [5.74, 6) is -2.33. The van der Waals surface area contributed by atoms with Crippen LogP contribution in [0.4, 0.5) is 13.2 Å². The molecule has 0 saturated heterocycles. The number of hydrogen-bond donors (Lipinski definition) is 0. The smallest absolute Gasteiger partial charge is 0.416 e. The van der Waals surface area contributed by atoms with E-state index in [1.165, 1.54) is 13.0 Å². The van der Waals surface area contributed by atoms with Crippen LogP contribution in [0.5, 0.6) is 0 Å². The molecule has 0 aliphatic heterocycles. The van der Waals surface area contributed by atoms with Gasteiger partial charge < -0.3 is 14.6 Å². The number of aliphatic carboxylic acids is 1. The van der Waals surface area contributed by atoms with Crippen LogP contribution in [0, 0.1) is 10.8 Å². The minimum Gasteiger partial charge on any atom is -0.549 e. The Morgan fingerprint density at radius 1 is 1.06 bits per heavy atom. The van der Waals surface area contributed by atoms with Crippen LogP contribution in [0.1, 0.15) is 58.6 Å². The van der Waals surface area contributed by atoms with Gasteiger partial charge in [-0.1, -0.05) is 56.3 Å². The highest BCUT2D eigenvalue weighted by molar-refractivity contribution is 7.99. The Bertz CT molecular complexity index is 1070. The molecule has 35 heavy (non-hydrogen) atoms. The van der Waals surface area contributed by atoms with E-state index in [-0.39, 0.29) is 11.8 Å². The quantitative estimate of drug-likeness (QED) is 0.271. The number of carbonyl (C=O) groups is 2. The number of ether oxygens (including phenoxy) is 1. The van der Waals surface area contributed by atoms with Crippen LogP contribution in [0.25, 0.3) is 0 Å². The van der Waals surface area contributed by atoms with Crippen LogP contribution in [0.15, 0.2) is 52.3 Å². The molecule has 0 saturated carbocycles. The summed E-state index contributed by atoms with van der Waals surface area (Å²) in [7, 11) is 0. The Labute approximate surface area is 213 Å². The van der Waals surface area contributed by atoms with Gasteiger partial charge in [0.15, 0.2) is 0 Å². The summed E-state index contributed by atoms with van der Waals surface area (Å²) in [4.78, 5) is 25.5. The summed E-state index contributed by atoms with van der Waals surface area (Å²) in [5.41, 5.74) is -2.14. The molecule has 2 aromatic rings. The first-order valence-corrected chi connectivity index (χ1v) is 12.3. The van der Waals surface area contributed by atoms with Crippen molar-refractivity contribution < 1.29 is 32.6 Å². The Kier molecular flexibility index (Phi) is 9.33. The molecule has 0 bridgehead atoms. The highest BCUT2D eigenvalue weighted by Crippen LogP contribution is 2.36. The maximum atomic E-state index is 12.9. The van der Waals surface area contributed by atoms with E-state index in [9.17, 15) is 27.9 Å². The number of aryl methyl sites for hydroxylation is 1. The van der Waals surface area contributed by atoms with Crippen LogP contribution in [-0.2, 0) is 26.9 Å². The van der Waals surface area contributed by atoms with E-state index in [1.807, 2.05) is 20.8 Å².